The molecule has 1 atom stereocenters. The lowest BCUT2D eigenvalue weighted by atomic mass is 9.85. The van der Waals surface area contributed by atoms with Crippen molar-refractivity contribution in [3.8, 4) is 0 Å². The van der Waals surface area contributed by atoms with E-state index in [2.05, 4.69) is 28.1 Å². The molecule has 90 valence electrons. The van der Waals surface area contributed by atoms with E-state index in [1.807, 2.05) is 49.4 Å². The Kier molecular flexibility index (Phi) is 2.65. The highest BCUT2D eigenvalue weighted by atomic mass is 79.9. The van der Waals surface area contributed by atoms with Crippen molar-refractivity contribution in [2.24, 2.45) is 0 Å². The van der Waals surface area contributed by atoms with Crippen molar-refractivity contribution in [2.75, 3.05) is 0 Å². The van der Waals surface area contributed by atoms with Crippen molar-refractivity contribution in [2.45, 2.75) is 12.5 Å². The van der Waals surface area contributed by atoms with Crippen LogP contribution in [0.2, 0.25) is 0 Å². The van der Waals surface area contributed by atoms with Gasteiger partial charge in [-0.25, -0.2) is 0 Å². The Hall–Kier alpha value is -1.38. The second-order valence-corrected chi connectivity index (χ2v) is 5.64. The van der Waals surface area contributed by atoms with Gasteiger partial charge in [0.25, 0.3) is 0 Å². The van der Waals surface area contributed by atoms with E-state index < -0.39 is 5.60 Å². The number of hydrogen-bond donors (Lipinski definition) is 1. The molecule has 1 aliphatic carbocycles. The van der Waals surface area contributed by atoms with Gasteiger partial charge >= 0.3 is 0 Å². The quantitative estimate of drug-likeness (QED) is 0.773. The molecule has 0 heterocycles. The fourth-order valence-corrected chi connectivity index (χ4v) is 2.87. The lowest BCUT2D eigenvalue weighted by molar-refractivity contribution is 0.102. The van der Waals surface area contributed by atoms with E-state index >= 15 is 0 Å². The van der Waals surface area contributed by atoms with E-state index in [0.29, 0.717) is 0 Å². The van der Waals surface area contributed by atoms with Crippen LogP contribution < -0.4 is 0 Å². The van der Waals surface area contributed by atoms with Gasteiger partial charge in [0.15, 0.2) is 0 Å². The standard InChI is InChI=1S/C16H13BrO/c1-16(18)14-5-3-2-4-11(14)6-7-12-8-9-13(17)10-15(12)16/h2-10,18H,1H3/t16-/m1/s1. The van der Waals surface area contributed by atoms with E-state index in [1.54, 1.807) is 0 Å². The van der Waals surface area contributed by atoms with Crippen LogP contribution in [0.1, 0.15) is 29.2 Å². The third-order valence-corrected chi connectivity index (χ3v) is 3.96. The Morgan fingerprint density at radius 2 is 1.61 bits per heavy atom. The molecule has 0 saturated carbocycles. The molecule has 1 N–H and O–H groups in total. The Balaban J connectivity index is 2.34. The molecule has 2 aromatic rings. The molecule has 18 heavy (non-hydrogen) atoms. The highest BCUT2D eigenvalue weighted by Crippen LogP contribution is 2.38. The Morgan fingerprint density at radius 3 is 2.39 bits per heavy atom. The van der Waals surface area contributed by atoms with Gasteiger partial charge in [0, 0.05) is 4.47 Å². The summed E-state index contributed by atoms with van der Waals surface area (Å²) in [7, 11) is 0. The summed E-state index contributed by atoms with van der Waals surface area (Å²) in [5, 5.41) is 10.9. The van der Waals surface area contributed by atoms with Crippen LogP contribution in [0.15, 0.2) is 46.9 Å². The maximum absolute atomic E-state index is 10.9. The summed E-state index contributed by atoms with van der Waals surface area (Å²) in [6.45, 7) is 1.85. The van der Waals surface area contributed by atoms with Crippen molar-refractivity contribution in [1.29, 1.82) is 0 Å². The Labute approximate surface area is 115 Å². The Morgan fingerprint density at radius 1 is 0.944 bits per heavy atom. The summed E-state index contributed by atoms with van der Waals surface area (Å²) in [5.74, 6) is 0. The molecule has 0 spiro atoms. The van der Waals surface area contributed by atoms with Crippen LogP contribution in [-0.2, 0) is 5.60 Å². The van der Waals surface area contributed by atoms with Gasteiger partial charge in [-0.15, -0.1) is 0 Å². The van der Waals surface area contributed by atoms with Crippen LogP contribution in [0.25, 0.3) is 12.2 Å². The highest BCUT2D eigenvalue weighted by Gasteiger charge is 2.31. The molecule has 0 bridgehead atoms. The molecule has 1 nitrogen and oxygen atoms in total. The first-order valence-corrected chi connectivity index (χ1v) is 6.68. The molecule has 0 radical (unpaired) electrons. The number of aliphatic hydroxyl groups is 1. The number of rotatable bonds is 0. The molecule has 0 aromatic heterocycles. The molecular formula is C16H13BrO. The Bertz CT molecular complexity index is 641. The van der Waals surface area contributed by atoms with Crippen LogP contribution in [-0.4, -0.2) is 5.11 Å². The maximum atomic E-state index is 10.9. The summed E-state index contributed by atoms with van der Waals surface area (Å²) in [6.07, 6.45) is 4.12. The van der Waals surface area contributed by atoms with Crippen LogP contribution in [0.4, 0.5) is 0 Å². The normalized spacial score (nSPS) is 21.1. The van der Waals surface area contributed by atoms with Crippen molar-refractivity contribution in [3.63, 3.8) is 0 Å². The SMILES string of the molecule is C[C@@]1(O)c2ccccc2C=Cc2ccc(Br)cc21. The van der Waals surface area contributed by atoms with Crippen LogP contribution in [0.5, 0.6) is 0 Å². The van der Waals surface area contributed by atoms with E-state index in [-0.39, 0.29) is 0 Å². The van der Waals surface area contributed by atoms with Gasteiger partial charge in [-0.05, 0) is 41.3 Å². The average Bonchev–Trinajstić information content (AvgIpc) is 2.47. The number of hydrogen-bond acceptors (Lipinski definition) is 1. The van der Waals surface area contributed by atoms with Crippen molar-refractivity contribution < 1.29 is 5.11 Å². The molecule has 0 aliphatic heterocycles. The minimum Gasteiger partial charge on any atom is -0.381 e. The topological polar surface area (TPSA) is 20.2 Å². The molecule has 1 aliphatic rings. The van der Waals surface area contributed by atoms with Gasteiger partial charge < -0.3 is 5.11 Å². The largest absolute Gasteiger partial charge is 0.381 e. The zero-order valence-electron chi connectivity index (χ0n) is 10.0. The fraction of sp³-hybridized carbons (Fsp3) is 0.125. The molecule has 0 amide bonds. The van der Waals surface area contributed by atoms with E-state index in [1.165, 1.54) is 0 Å². The van der Waals surface area contributed by atoms with Crippen molar-refractivity contribution >= 4 is 28.1 Å². The van der Waals surface area contributed by atoms with Crippen molar-refractivity contribution in [1.82, 2.24) is 0 Å². The molecule has 0 saturated heterocycles. The molecule has 0 fully saturated rings. The number of fused-ring (bicyclic) bond motifs is 2. The smallest absolute Gasteiger partial charge is 0.113 e. The summed E-state index contributed by atoms with van der Waals surface area (Å²) < 4.78 is 0.981. The van der Waals surface area contributed by atoms with Gasteiger partial charge in [0.05, 0.1) is 0 Å². The zero-order chi connectivity index (χ0) is 12.8. The average molecular weight is 301 g/mol. The van der Waals surface area contributed by atoms with E-state index in [4.69, 9.17) is 0 Å². The molecular weight excluding hydrogens is 288 g/mol. The molecule has 3 rings (SSSR count). The number of halogens is 1. The molecule has 2 heteroatoms. The molecule has 2 aromatic carbocycles. The van der Waals surface area contributed by atoms with Crippen LogP contribution >= 0.6 is 15.9 Å². The predicted octanol–water partition coefficient (Wildman–Crippen LogP) is 4.19. The third-order valence-electron chi connectivity index (χ3n) is 3.47. The summed E-state index contributed by atoms with van der Waals surface area (Å²) in [4.78, 5) is 0. The first kappa shape index (κ1) is 11.7. The summed E-state index contributed by atoms with van der Waals surface area (Å²) in [5.41, 5.74) is 3.02. The van der Waals surface area contributed by atoms with Crippen LogP contribution in [0.3, 0.4) is 0 Å². The third kappa shape index (κ3) is 1.73. The minimum atomic E-state index is -0.973. The predicted molar refractivity (Wildman–Crippen MR) is 78.2 cm³/mol. The lowest BCUT2D eigenvalue weighted by Crippen LogP contribution is -2.24. The van der Waals surface area contributed by atoms with Gasteiger partial charge in [0.1, 0.15) is 5.60 Å². The lowest BCUT2D eigenvalue weighted by Gasteiger charge is -2.26. The first-order chi connectivity index (χ1) is 8.59. The minimum absolute atomic E-state index is 0.929. The maximum Gasteiger partial charge on any atom is 0.113 e. The zero-order valence-corrected chi connectivity index (χ0v) is 11.6. The van der Waals surface area contributed by atoms with E-state index in [9.17, 15) is 5.11 Å². The van der Waals surface area contributed by atoms with Crippen molar-refractivity contribution in [3.05, 3.63) is 69.2 Å². The second kappa shape index (κ2) is 4.08. The summed E-state index contributed by atoms with van der Waals surface area (Å²) >= 11 is 3.47. The fourth-order valence-electron chi connectivity index (χ4n) is 2.51. The van der Waals surface area contributed by atoms with Gasteiger partial charge in [-0.2, -0.15) is 0 Å². The summed E-state index contributed by atoms with van der Waals surface area (Å²) in [6, 6.07) is 14.0. The van der Waals surface area contributed by atoms with Gasteiger partial charge in [-0.1, -0.05) is 58.4 Å². The second-order valence-electron chi connectivity index (χ2n) is 4.72. The molecule has 0 unspecified atom stereocenters. The monoisotopic (exact) mass is 300 g/mol. The van der Waals surface area contributed by atoms with Crippen LogP contribution in [0, 0.1) is 0 Å². The van der Waals surface area contributed by atoms with Gasteiger partial charge in [-0.3, -0.25) is 0 Å². The van der Waals surface area contributed by atoms with Gasteiger partial charge in [0.2, 0.25) is 0 Å². The van der Waals surface area contributed by atoms with E-state index in [0.717, 1.165) is 26.7 Å². The highest BCUT2D eigenvalue weighted by molar-refractivity contribution is 9.10. The first-order valence-electron chi connectivity index (χ1n) is 5.89. The number of benzene rings is 2.